The molecule has 0 aliphatic carbocycles. The van der Waals surface area contributed by atoms with Gasteiger partial charge in [-0.15, -0.1) is 0 Å². The van der Waals surface area contributed by atoms with E-state index < -0.39 is 0 Å². The summed E-state index contributed by atoms with van der Waals surface area (Å²) in [4.78, 5) is 12.1. The van der Waals surface area contributed by atoms with Crippen molar-refractivity contribution >= 4 is 21.8 Å². The molecule has 1 atom stereocenters. The zero-order valence-electron chi connectivity index (χ0n) is 11.9. The Morgan fingerprint density at radius 1 is 1.37 bits per heavy atom. The van der Waals surface area contributed by atoms with Gasteiger partial charge in [-0.1, -0.05) is 54.9 Å². The van der Waals surface area contributed by atoms with Crippen LogP contribution in [0.5, 0.6) is 0 Å². The lowest BCUT2D eigenvalue weighted by molar-refractivity contribution is -0.125. The van der Waals surface area contributed by atoms with Crippen LogP contribution in [0.3, 0.4) is 0 Å². The lowest BCUT2D eigenvalue weighted by Crippen LogP contribution is -2.36. The lowest BCUT2D eigenvalue weighted by atomic mass is 9.84. The molecule has 0 radical (unpaired) electrons. The third kappa shape index (κ3) is 5.74. The van der Waals surface area contributed by atoms with Gasteiger partial charge in [-0.25, -0.2) is 0 Å². The Balaban J connectivity index is 2.57. The van der Waals surface area contributed by atoms with Crippen LogP contribution in [0.15, 0.2) is 28.7 Å². The summed E-state index contributed by atoms with van der Waals surface area (Å²) in [7, 11) is 0. The quantitative estimate of drug-likeness (QED) is 0.873. The molecule has 1 aromatic rings. The summed E-state index contributed by atoms with van der Waals surface area (Å²) in [6.07, 6.45) is 0.797. The minimum atomic E-state index is -0.123. The Kier molecular flexibility index (Phi) is 6.01. The number of hydrogen-bond acceptors (Lipinski definition) is 2. The second-order valence-corrected chi connectivity index (χ2v) is 6.86. The number of nitrogens with one attached hydrogen (secondary N) is 1. The van der Waals surface area contributed by atoms with Gasteiger partial charge in [-0.3, -0.25) is 4.79 Å². The summed E-state index contributed by atoms with van der Waals surface area (Å²) < 4.78 is 1.01. The molecule has 4 heteroatoms. The largest absolute Gasteiger partial charge is 0.352 e. The van der Waals surface area contributed by atoms with Gasteiger partial charge in [-0.2, -0.15) is 0 Å². The molecule has 1 unspecified atom stereocenters. The molecule has 1 aromatic carbocycles. The van der Waals surface area contributed by atoms with Crippen molar-refractivity contribution in [1.29, 1.82) is 0 Å². The fourth-order valence-electron chi connectivity index (χ4n) is 1.99. The van der Waals surface area contributed by atoms with Gasteiger partial charge in [0.05, 0.1) is 5.92 Å². The average Bonchev–Trinajstić information content (AvgIpc) is 2.33. The Morgan fingerprint density at radius 3 is 2.53 bits per heavy atom. The second kappa shape index (κ2) is 7.06. The fourth-order valence-corrected chi connectivity index (χ4v) is 2.42. The molecule has 0 spiro atoms. The first-order valence-corrected chi connectivity index (χ1v) is 7.34. The minimum absolute atomic E-state index is 0.0354. The molecule has 0 aromatic heterocycles. The third-order valence-electron chi connectivity index (χ3n) is 2.92. The van der Waals surface area contributed by atoms with E-state index in [0.29, 0.717) is 13.1 Å². The maximum absolute atomic E-state index is 12.1. The maximum Gasteiger partial charge on any atom is 0.224 e. The molecule has 1 amide bonds. The van der Waals surface area contributed by atoms with Crippen molar-refractivity contribution in [3.05, 3.63) is 34.3 Å². The summed E-state index contributed by atoms with van der Waals surface area (Å²) in [5, 5.41) is 2.96. The molecule has 0 saturated carbocycles. The third-order valence-corrected chi connectivity index (χ3v) is 3.70. The topological polar surface area (TPSA) is 55.1 Å². The number of rotatable bonds is 5. The average molecular weight is 327 g/mol. The van der Waals surface area contributed by atoms with E-state index in [4.69, 9.17) is 5.73 Å². The van der Waals surface area contributed by atoms with Crippen LogP contribution in [0, 0.1) is 11.3 Å². The number of halogens is 1. The Bertz CT molecular complexity index is 426. The summed E-state index contributed by atoms with van der Waals surface area (Å²) in [6.45, 7) is 7.28. The van der Waals surface area contributed by atoms with Crippen LogP contribution >= 0.6 is 15.9 Å². The van der Waals surface area contributed by atoms with E-state index in [2.05, 4.69) is 42.0 Å². The van der Waals surface area contributed by atoms with E-state index >= 15 is 0 Å². The van der Waals surface area contributed by atoms with Crippen molar-refractivity contribution in [3.8, 4) is 0 Å². The van der Waals surface area contributed by atoms with E-state index in [1.165, 1.54) is 0 Å². The van der Waals surface area contributed by atoms with E-state index in [1.54, 1.807) is 0 Å². The predicted octanol–water partition coefficient (Wildman–Crippen LogP) is 3.08. The van der Waals surface area contributed by atoms with Gasteiger partial charge >= 0.3 is 0 Å². The van der Waals surface area contributed by atoms with Gasteiger partial charge in [0, 0.05) is 17.6 Å². The SMILES string of the molecule is CC(C)(C)CC(CN)C(=O)NCc1ccccc1Br. The van der Waals surface area contributed by atoms with Crippen molar-refractivity contribution in [2.75, 3.05) is 6.54 Å². The van der Waals surface area contributed by atoms with E-state index in [1.807, 2.05) is 24.3 Å². The number of carbonyl (C=O) groups is 1. The smallest absolute Gasteiger partial charge is 0.224 e. The number of carbonyl (C=O) groups excluding carboxylic acids is 1. The lowest BCUT2D eigenvalue weighted by Gasteiger charge is -2.24. The summed E-state index contributed by atoms with van der Waals surface area (Å²) >= 11 is 3.47. The van der Waals surface area contributed by atoms with Gasteiger partial charge in [0.2, 0.25) is 5.91 Å². The molecular weight excluding hydrogens is 304 g/mol. The molecule has 0 aliphatic heterocycles. The van der Waals surface area contributed by atoms with Gasteiger partial charge in [0.25, 0.3) is 0 Å². The number of nitrogens with two attached hydrogens (primary N) is 1. The van der Waals surface area contributed by atoms with Crippen LogP contribution in [-0.2, 0) is 11.3 Å². The highest BCUT2D eigenvalue weighted by Gasteiger charge is 2.23. The number of hydrogen-bond donors (Lipinski definition) is 2. The van der Waals surface area contributed by atoms with Gasteiger partial charge in [0.1, 0.15) is 0 Å². The van der Waals surface area contributed by atoms with Crippen molar-refractivity contribution in [3.63, 3.8) is 0 Å². The first-order chi connectivity index (χ1) is 8.83. The van der Waals surface area contributed by atoms with E-state index in [0.717, 1.165) is 16.5 Å². The molecule has 0 aliphatic rings. The standard InChI is InChI=1S/C15H23BrN2O/c1-15(2,3)8-12(9-17)14(19)18-10-11-6-4-5-7-13(11)16/h4-7,12H,8-10,17H2,1-3H3,(H,18,19). The van der Waals surface area contributed by atoms with Crippen LogP contribution in [0.4, 0.5) is 0 Å². The normalized spacial score (nSPS) is 13.1. The Morgan fingerprint density at radius 2 is 2.00 bits per heavy atom. The van der Waals surface area contributed by atoms with Crippen molar-refractivity contribution < 1.29 is 4.79 Å². The molecule has 3 nitrogen and oxygen atoms in total. The van der Waals surface area contributed by atoms with Crippen molar-refractivity contribution in [2.45, 2.75) is 33.7 Å². The molecule has 3 N–H and O–H groups in total. The molecule has 0 saturated heterocycles. The van der Waals surface area contributed by atoms with Gasteiger partial charge in [-0.05, 0) is 23.5 Å². The van der Waals surface area contributed by atoms with Crippen molar-refractivity contribution in [2.24, 2.45) is 17.1 Å². The zero-order chi connectivity index (χ0) is 14.5. The monoisotopic (exact) mass is 326 g/mol. The Hall–Kier alpha value is -0.870. The molecule has 0 heterocycles. The maximum atomic E-state index is 12.1. The van der Waals surface area contributed by atoms with Crippen LogP contribution in [-0.4, -0.2) is 12.5 Å². The molecular formula is C15H23BrN2O. The number of benzene rings is 1. The Labute approximate surface area is 124 Å². The van der Waals surface area contributed by atoms with E-state index in [9.17, 15) is 4.79 Å². The van der Waals surface area contributed by atoms with Crippen LogP contribution < -0.4 is 11.1 Å². The highest BCUT2D eigenvalue weighted by molar-refractivity contribution is 9.10. The fraction of sp³-hybridized carbons (Fsp3) is 0.533. The molecule has 0 fully saturated rings. The molecule has 0 bridgehead atoms. The summed E-state index contributed by atoms with van der Waals surface area (Å²) in [5.74, 6) is -0.0873. The van der Waals surface area contributed by atoms with Gasteiger partial charge in [0.15, 0.2) is 0 Å². The van der Waals surface area contributed by atoms with E-state index in [-0.39, 0.29) is 17.2 Å². The highest BCUT2D eigenvalue weighted by Crippen LogP contribution is 2.24. The summed E-state index contributed by atoms with van der Waals surface area (Å²) in [5.41, 5.74) is 6.89. The highest BCUT2D eigenvalue weighted by atomic mass is 79.9. The van der Waals surface area contributed by atoms with Crippen LogP contribution in [0.2, 0.25) is 0 Å². The first kappa shape index (κ1) is 16.2. The first-order valence-electron chi connectivity index (χ1n) is 6.54. The minimum Gasteiger partial charge on any atom is -0.352 e. The molecule has 19 heavy (non-hydrogen) atoms. The number of amides is 1. The molecule has 1 rings (SSSR count). The second-order valence-electron chi connectivity index (χ2n) is 6.01. The van der Waals surface area contributed by atoms with Crippen LogP contribution in [0.25, 0.3) is 0 Å². The summed E-state index contributed by atoms with van der Waals surface area (Å²) in [6, 6.07) is 7.88. The van der Waals surface area contributed by atoms with Crippen molar-refractivity contribution in [1.82, 2.24) is 5.32 Å². The predicted molar refractivity (Wildman–Crippen MR) is 82.6 cm³/mol. The van der Waals surface area contributed by atoms with Gasteiger partial charge < -0.3 is 11.1 Å². The van der Waals surface area contributed by atoms with Crippen LogP contribution in [0.1, 0.15) is 32.8 Å². The zero-order valence-corrected chi connectivity index (χ0v) is 13.5. The molecule has 106 valence electrons.